The Morgan fingerprint density at radius 1 is 1.19 bits per heavy atom. The number of amides is 3. The van der Waals surface area contributed by atoms with Crippen LogP contribution >= 0.6 is 23.8 Å². The van der Waals surface area contributed by atoms with Crippen molar-refractivity contribution in [1.82, 2.24) is 15.3 Å². The van der Waals surface area contributed by atoms with Gasteiger partial charge < -0.3 is 5.32 Å². The molecule has 1 unspecified atom stereocenters. The number of unbranched alkanes of at least 4 members (excludes halogenated alkanes) is 2. The Morgan fingerprint density at radius 3 is 2.48 bits per heavy atom. The van der Waals surface area contributed by atoms with Crippen LogP contribution in [0.1, 0.15) is 39.0 Å². The number of carbonyl (C=O) groups excluding carboxylic acids is 3. The van der Waals surface area contributed by atoms with Crippen molar-refractivity contribution in [2.75, 3.05) is 12.4 Å². The summed E-state index contributed by atoms with van der Waals surface area (Å²) in [5, 5.41) is 4.76. The number of hydrazine groups is 1. The van der Waals surface area contributed by atoms with Gasteiger partial charge in [-0.3, -0.25) is 24.7 Å². The summed E-state index contributed by atoms with van der Waals surface area (Å²) in [5.41, 5.74) is 3.24. The third-order valence-corrected chi connectivity index (χ3v) is 4.90. The molecule has 0 bridgehead atoms. The minimum atomic E-state index is -0.870. The van der Waals surface area contributed by atoms with Crippen LogP contribution in [-0.4, -0.2) is 45.8 Å². The van der Waals surface area contributed by atoms with E-state index in [0.29, 0.717) is 17.1 Å². The molecule has 7 nitrogen and oxygen atoms in total. The number of halogens is 1. The van der Waals surface area contributed by atoms with Gasteiger partial charge in [0, 0.05) is 24.2 Å². The van der Waals surface area contributed by atoms with E-state index in [2.05, 4.69) is 17.7 Å². The molecule has 1 heterocycles. The van der Waals surface area contributed by atoms with Gasteiger partial charge in [-0.15, -0.1) is 0 Å². The largest absolute Gasteiger partial charge is 0.326 e. The number of rotatable bonds is 8. The van der Waals surface area contributed by atoms with Gasteiger partial charge >= 0.3 is 0 Å². The van der Waals surface area contributed by atoms with Crippen molar-refractivity contribution in [2.45, 2.75) is 45.1 Å². The highest BCUT2D eigenvalue weighted by Gasteiger charge is 2.42. The van der Waals surface area contributed by atoms with Crippen molar-refractivity contribution in [2.24, 2.45) is 0 Å². The SMILES string of the molecule is CCCCCC(=O)NN1C(=S)N(C)C(=O)C1CC(=O)Nc1ccc(Cl)cc1. The molecule has 2 N–H and O–H groups in total. The van der Waals surface area contributed by atoms with Gasteiger partial charge in [0.25, 0.3) is 5.91 Å². The minimum Gasteiger partial charge on any atom is -0.326 e. The molecule has 146 valence electrons. The highest BCUT2D eigenvalue weighted by atomic mass is 35.5. The molecule has 1 saturated heterocycles. The first-order valence-electron chi connectivity index (χ1n) is 8.79. The average molecular weight is 411 g/mol. The molecule has 1 aromatic carbocycles. The maximum atomic E-state index is 12.4. The molecule has 27 heavy (non-hydrogen) atoms. The first kappa shape index (κ1) is 21.1. The molecule has 1 aliphatic heterocycles. The van der Waals surface area contributed by atoms with Crippen LogP contribution in [0.4, 0.5) is 5.69 Å². The van der Waals surface area contributed by atoms with E-state index in [1.165, 1.54) is 17.0 Å². The number of nitrogens with one attached hydrogen (secondary N) is 2. The Hall–Kier alpha value is -2.19. The van der Waals surface area contributed by atoms with E-state index in [1.807, 2.05) is 0 Å². The van der Waals surface area contributed by atoms with E-state index in [9.17, 15) is 14.4 Å². The second kappa shape index (κ2) is 9.66. The quantitative estimate of drug-likeness (QED) is 0.508. The van der Waals surface area contributed by atoms with Crippen LogP contribution < -0.4 is 10.7 Å². The summed E-state index contributed by atoms with van der Waals surface area (Å²) in [7, 11) is 1.53. The lowest BCUT2D eigenvalue weighted by atomic mass is 10.2. The predicted octanol–water partition coefficient (Wildman–Crippen LogP) is 2.71. The fourth-order valence-corrected chi connectivity index (χ4v) is 3.06. The first-order chi connectivity index (χ1) is 12.8. The second-order valence-corrected chi connectivity index (χ2v) is 7.12. The van der Waals surface area contributed by atoms with Crippen molar-refractivity contribution in [3.8, 4) is 0 Å². The highest BCUT2D eigenvalue weighted by Crippen LogP contribution is 2.19. The number of benzene rings is 1. The molecule has 9 heteroatoms. The van der Waals surface area contributed by atoms with Crippen LogP contribution in [0.3, 0.4) is 0 Å². The van der Waals surface area contributed by atoms with E-state index in [-0.39, 0.29) is 29.3 Å². The maximum Gasteiger partial charge on any atom is 0.253 e. The van der Waals surface area contributed by atoms with Crippen LogP contribution in [0.5, 0.6) is 0 Å². The Balaban J connectivity index is 2.01. The van der Waals surface area contributed by atoms with Gasteiger partial charge in [-0.2, -0.15) is 0 Å². The standard InChI is InChI=1S/C18H23ClN4O3S/c1-3-4-5-6-15(24)21-23-14(17(26)22(2)18(23)27)11-16(25)20-13-9-7-12(19)8-10-13/h7-10,14H,3-6,11H2,1-2H3,(H,20,25)(H,21,24). The van der Waals surface area contributed by atoms with Crippen LogP contribution in [0, 0.1) is 0 Å². The van der Waals surface area contributed by atoms with Gasteiger partial charge in [-0.05, 0) is 42.9 Å². The molecule has 0 spiro atoms. The van der Waals surface area contributed by atoms with Crippen molar-refractivity contribution < 1.29 is 14.4 Å². The lowest BCUT2D eigenvalue weighted by molar-refractivity contribution is -0.132. The summed E-state index contributed by atoms with van der Waals surface area (Å²) in [6.07, 6.45) is 2.91. The molecule has 2 rings (SSSR count). The van der Waals surface area contributed by atoms with Crippen LogP contribution in [-0.2, 0) is 14.4 Å². The van der Waals surface area contributed by atoms with Crippen LogP contribution in [0.15, 0.2) is 24.3 Å². The number of carbonyl (C=O) groups is 3. The third kappa shape index (κ3) is 5.64. The monoisotopic (exact) mass is 410 g/mol. The van der Waals surface area contributed by atoms with E-state index in [4.69, 9.17) is 23.8 Å². The highest BCUT2D eigenvalue weighted by molar-refractivity contribution is 7.80. The second-order valence-electron chi connectivity index (χ2n) is 6.32. The van der Waals surface area contributed by atoms with Crippen molar-refractivity contribution in [3.63, 3.8) is 0 Å². The summed E-state index contributed by atoms with van der Waals surface area (Å²) in [6, 6.07) is 5.78. The zero-order chi connectivity index (χ0) is 20.0. The molecule has 1 aromatic rings. The topological polar surface area (TPSA) is 81.8 Å². The molecular weight excluding hydrogens is 388 g/mol. The number of likely N-dealkylation sites (N-methyl/N-ethyl adjacent to an activating group) is 1. The summed E-state index contributed by atoms with van der Waals surface area (Å²) in [5.74, 6) is -0.920. The minimum absolute atomic E-state index is 0.138. The Kier molecular flexibility index (Phi) is 7.55. The smallest absolute Gasteiger partial charge is 0.253 e. The number of nitrogens with zero attached hydrogens (tertiary/aromatic N) is 2. The Bertz CT molecular complexity index is 726. The lowest BCUT2D eigenvalue weighted by Crippen LogP contribution is -2.49. The van der Waals surface area contributed by atoms with Crippen LogP contribution in [0.2, 0.25) is 5.02 Å². The molecule has 3 amide bonds. The fraction of sp³-hybridized carbons (Fsp3) is 0.444. The van der Waals surface area contributed by atoms with E-state index in [1.54, 1.807) is 24.3 Å². The summed E-state index contributed by atoms with van der Waals surface area (Å²) in [6.45, 7) is 2.05. The van der Waals surface area contributed by atoms with Crippen molar-refractivity contribution >= 4 is 52.3 Å². The van der Waals surface area contributed by atoms with Gasteiger partial charge in [0.2, 0.25) is 11.8 Å². The van der Waals surface area contributed by atoms with Crippen molar-refractivity contribution in [3.05, 3.63) is 29.3 Å². The zero-order valence-electron chi connectivity index (χ0n) is 15.3. The fourth-order valence-electron chi connectivity index (χ4n) is 2.67. The number of thiocarbonyl (C=S) groups is 1. The lowest BCUT2D eigenvalue weighted by Gasteiger charge is -2.24. The Labute approximate surface area is 169 Å². The molecule has 1 atom stereocenters. The van der Waals surface area contributed by atoms with Crippen LogP contribution in [0.25, 0.3) is 0 Å². The van der Waals surface area contributed by atoms with Gasteiger partial charge in [0.05, 0.1) is 6.42 Å². The molecule has 0 radical (unpaired) electrons. The summed E-state index contributed by atoms with van der Waals surface area (Å²) >= 11 is 11.1. The zero-order valence-corrected chi connectivity index (χ0v) is 16.9. The normalized spacial score (nSPS) is 16.6. The van der Waals surface area contributed by atoms with E-state index >= 15 is 0 Å². The van der Waals surface area contributed by atoms with Gasteiger partial charge in [-0.1, -0.05) is 31.4 Å². The molecule has 0 aliphatic carbocycles. The van der Waals surface area contributed by atoms with E-state index in [0.717, 1.165) is 19.3 Å². The molecule has 0 saturated carbocycles. The molecular formula is C18H23ClN4O3S. The number of hydrogen-bond acceptors (Lipinski definition) is 4. The third-order valence-electron chi connectivity index (χ3n) is 4.18. The number of anilines is 1. The average Bonchev–Trinajstić information content (AvgIpc) is 2.82. The van der Waals surface area contributed by atoms with Gasteiger partial charge in [0.15, 0.2) is 5.11 Å². The van der Waals surface area contributed by atoms with E-state index < -0.39 is 6.04 Å². The summed E-state index contributed by atoms with van der Waals surface area (Å²) in [4.78, 5) is 38.2. The maximum absolute atomic E-state index is 12.4. The predicted molar refractivity (Wildman–Crippen MR) is 108 cm³/mol. The van der Waals surface area contributed by atoms with Gasteiger partial charge in [0.1, 0.15) is 6.04 Å². The Morgan fingerprint density at radius 2 is 1.85 bits per heavy atom. The molecule has 1 fully saturated rings. The number of hydrogen-bond donors (Lipinski definition) is 2. The first-order valence-corrected chi connectivity index (χ1v) is 9.57. The molecule has 0 aromatic heterocycles. The van der Waals surface area contributed by atoms with Crippen molar-refractivity contribution in [1.29, 1.82) is 0 Å². The summed E-state index contributed by atoms with van der Waals surface area (Å²) < 4.78 is 0. The van der Waals surface area contributed by atoms with Gasteiger partial charge in [-0.25, -0.2) is 5.01 Å². The molecule has 1 aliphatic rings.